The van der Waals surface area contributed by atoms with E-state index in [9.17, 15) is 44.7 Å². The molecular formula is C32H44Cl2O12. The van der Waals surface area contributed by atoms with Crippen molar-refractivity contribution in [3.8, 4) is 0 Å². The fraction of sp³-hybridized carbons (Fsp3) is 0.875. The number of ketones is 1. The summed E-state index contributed by atoms with van der Waals surface area (Å²) >= 11 is 13.5. The maximum absolute atomic E-state index is 14.2. The molecule has 12 nitrogen and oxygen atoms in total. The maximum Gasteiger partial charge on any atom is 0.340 e. The molecular weight excluding hydrogens is 647 g/mol. The molecule has 1 saturated heterocycles. The van der Waals surface area contributed by atoms with Gasteiger partial charge in [0.05, 0.1) is 16.9 Å². The van der Waals surface area contributed by atoms with Crippen molar-refractivity contribution in [2.24, 2.45) is 57.7 Å². The molecule has 6 aliphatic rings. The molecule has 0 aromatic heterocycles. The van der Waals surface area contributed by atoms with Crippen molar-refractivity contribution in [1.29, 1.82) is 0 Å². The zero-order chi connectivity index (χ0) is 34.4. The van der Waals surface area contributed by atoms with Crippen LogP contribution in [-0.2, 0) is 33.4 Å². The molecule has 14 heteroatoms. The number of aliphatic hydroxyl groups is 5. The highest BCUT2D eigenvalue weighted by molar-refractivity contribution is 6.26. The van der Waals surface area contributed by atoms with E-state index in [1.54, 1.807) is 20.8 Å². The molecule has 46 heavy (non-hydrogen) atoms. The Morgan fingerprint density at radius 1 is 0.891 bits per heavy atom. The quantitative estimate of drug-likeness (QED) is 0.156. The second-order valence-electron chi connectivity index (χ2n) is 15.6. The van der Waals surface area contributed by atoms with Crippen LogP contribution in [0.1, 0.15) is 61.3 Å². The van der Waals surface area contributed by atoms with Gasteiger partial charge in [0.25, 0.3) is 0 Å². The highest BCUT2D eigenvalue weighted by Crippen LogP contribution is 2.77. The third kappa shape index (κ3) is 3.75. The van der Waals surface area contributed by atoms with Crippen molar-refractivity contribution < 1.29 is 58.9 Å². The fourth-order valence-corrected chi connectivity index (χ4v) is 12.7. The van der Waals surface area contributed by atoms with Crippen molar-refractivity contribution in [2.45, 2.75) is 114 Å². The zero-order valence-electron chi connectivity index (χ0n) is 26.8. The minimum atomic E-state index is -2.28. The molecule has 6 rings (SSSR count). The van der Waals surface area contributed by atoms with Crippen LogP contribution in [0.15, 0.2) is 0 Å². The summed E-state index contributed by atoms with van der Waals surface area (Å²) in [6.45, 7) is 10.3. The number of hydrogen-bond donors (Lipinski definition) is 5. The van der Waals surface area contributed by atoms with Gasteiger partial charge in [0.1, 0.15) is 30.5 Å². The van der Waals surface area contributed by atoms with E-state index in [-0.39, 0.29) is 12.8 Å². The molecule has 258 valence electrons. The van der Waals surface area contributed by atoms with Gasteiger partial charge in [-0.15, -0.1) is 11.6 Å². The molecule has 0 amide bonds. The van der Waals surface area contributed by atoms with E-state index in [0.717, 1.165) is 0 Å². The number of carbonyl (C=O) groups is 4. The first-order chi connectivity index (χ1) is 21.1. The molecule has 0 aromatic rings. The summed E-state index contributed by atoms with van der Waals surface area (Å²) < 4.78 is 17.3. The summed E-state index contributed by atoms with van der Waals surface area (Å²) in [4.78, 5) is 52.4. The van der Waals surface area contributed by atoms with Gasteiger partial charge in [-0.25, -0.2) is 4.79 Å². The van der Waals surface area contributed by atoms with Gasteiger partial charge in [-0.3, -0.25) is 14.4 Å². The number of halogens is 2. The first kappa shape index (κ1) is 34.3. The summed E-state index contributed by atoms with van der Waals surface area (Å²) in [5.41, 5.74) is -6.63. The van der Waals surface area contributed by atoms with Crippen molar-refractivity contribution >= 4 is 46.9 Å². The van der Waals surface area contributed by atoms with Crippen LogP contribution >= 0.6 is 23.2 Å². The summed E-state index contributed by atoms with van der Waals surface area (Å²) in [6.07, 6.45) is -8.21. The SMILES string of the molecule is CC(=O)O[C@H]1C[C@H]2[C@H]([C@@H]3[C@@H](O)[C@@H]4[C@H]([C@H](C)[C@@H](O)[C@]5(Cl)OC(=O)[C@@](C)(O)[C@]45C)[C@]31C)[C@@H](O)C(=O)[C@H]1C[C@@H](Cl)[C@H](O)[C@H](OC(C)=O)[C@@]12C. The van der Waals surface area contributed by atoms with Crippen molar-refractivity contribution in [3.05, 3.63) is 0 Å². The molecule has 1 aliphatic heterocycles. The number of ether oxygens (including phenoxy) is 3. The fourth-order valence-electron chi connectivity index (χ4n) is 11.8. The minimum Gasteiger partial charge on any atom is -0.462 e. The standard InChI is InChI=1S/C32H44Cl2O12/c1-10-18-20(30(6)31(7,43)27(42)46-32(30,34)25(10)41)24(40)19-17-13(9-16(29(18,19)5)44-11(2)35)28(4)14(21(37)23(17)39)8-15(33)22(38)26(28)45-12(3)36/h10,13-20,22-26,38-41,43H,8-9H2,1-7H3/t10-,13-,14+,15+,16-,17+,18-,19+,20-,22-,23+,24+,25+,26-,28+,29+,30-,31+,32-/m0/s1. The summed E-state index contributed by atoms with van der Waals surface area (Å²) in [5, 5.41) is 56.1. The minimum absolute atomic E-state index is 0.0115. The predicted octanol–water partition coefficient (Wildman–Crippen LogP) is 0.913. The van der Waals surface area contributed by atoms with Gasteiger partial charge in [-0.1, -0.05) is 39.3 Å². The molecule has 0 spiro atoms. The molecule has 0 aromatic carbocycles. The van der Waals surface area contributed by atoms with Gasteiger partial charge in [0.15, 0.2) is 11.4 Å². The lowest BCUT2D eigenvalue weighted by Gasteiger charge is -2.65. The number of esters is 3. The Morgan fingerprint density at radius 2 is 1.48 bits per heavy atom. The Labute approximate surface area is 277 Å². The molecule has 0 radical (unpaired) electrons. The van der Waals surface area contributed by atoms with Gasteiger partial charge in [-0.2, -0.15) is 0 Å². The molecule has 0 bridgehead atoms. The van der Waals surface area contributed by atoms with E-state index in [1.807, 2.05) is 0 Å². The van der Waals surface area contributed by atoms with E-state index in [0.29, 0.717) is 0 Å². The molecule has 19 atom stereocenters. The average molecular weight is 692 g/mol. The monoisotopic (exact) mass is 690 g/mol. The maximum atomic E-state index is 14.2. The zero-order valence-corrected chi connectivity index (χ0v) is 28.4. The number of aliphatic hydroxyl groups excluding tert-OH is 4. The smallest absolute Gasteiger partial charge is 0.340 e. The van der Waals surface area contributed by atoms with Gasteiger partial charge >= 0.3 is 17.9 Å². The highest BCUT2D eigenvalue weighted by Gasteiger charge is 2.86. The van der Waals surface area contributed by atoms with Gasteiger partial charge in [0, 0.05) is 48.3 Å². The number of rotatable bonds is 2. The molecule has 0 unspecified atom stereocenters. The molecule has 5 N–H and O–H groups in total. The van der Waals surface area contributed by atoms with Crippen LogP contribution in [0.25, 0.3) is 0 Å². The predicted molar refractivity (Wildman–Crippen MR) is 159 cm³/mol. The summed E-state index contributed by atoms with van der Waals surface area (Å²) in [7, 11) is 0. The Kier molecular flexibility index (Phi) is 7.64. The second kappa shape index (κ2) is 10.2. The molecule has 5 aliphatic carbocycles. The Hall–Kier alpha value is -1.54. The van der Waals surface area contributed by atoms with Crippen LogP contribution in [0.4, 0.5) is 0 Å². The number of carbonyl (C=O) groups excluding carboxylic acids is 4. The topological polar surface area (TPSA) is 197 Å². The number of hydrogen-bond acceptors (Lipinski definition) is 12. The Bertz CT molecular complexity index is 1370. The van der Waals surface area contributed by atoms with Crippen LogP contribution in [0.2, 0.25) is 0 Å². The largest absolute Gasteiger partial charge is 0.462 e. The van der Waals surface area contributed by atoms with E-state index >= 15 is 0 Å². The van der Waals surface area contributed by atoms with Crippen molar-refractivity contribution in [1.82, 2.24) is 0 Å². The van der Waals surface area contributed by atoms with Gasteiger partial charge < -0.3 is 39.7 Å². The number of fused-ring (bicyclic) bond motifs is 9. The summed E-state index contributed by atoms with van der Waals surface area (Å²) in [5.74, 6) is -9.38. The van der Waals surface area contributed by atoms with Gasteiger partial charge in [-0.05, 0) is 37.5 Å². The van der Waals surface area contributed by atoms with E-state index < -0.39 is 134 Å². The van der Waals surface area contributed by atoms with Gasteiger partial charge in [0.2, 0.25) is 5.06 Å². The lowest BCUT2D eigenvalue weighted by atomic mass is 9.41. The first-order valence-electron chi connectivity index (χ1n) is 15.9. The lowest BCUT2D eigenvalue weighted by molar-refractivity contribution is -0.250. The molecule has 5 saturated carbocycles. The van der Waals surface area contributed by atoms with E-state index in [4.69, 9.17) is 37.4 Å². The van der Waals surface area contributed by atoms with Crippen LogP contribution in [-0.4, -0.2) is 102 Å². The van der Waals surface area contributed by atoms with Crippen LogP contribution in [0, 0.1) is 57.7 Å². The third-order valence-corrected chi connectivity index (χ3v) is 15.1. The van der Waals surface area contributed by atoms with Crippen molar-refractivity contribution in [2.75, 3.05) is 0 Å². The first-order valence-corrected chi connectivity index (χ1v) is 16.8. The average Bonchev–Trinajstić information content (AvgIpc) is 3.28. The van der Waals surface area contributed by atoms with Crippen molar-refractivity contribution in [3.63, 3.8) is 0 Å². The third-order valence-electron chi connectivity index (χ3n) is 14.0. The Balaban J connectivity index is 1.59. The van der Waals surface area contributed by atoms with Crippen LogP contribution < -0.4 is 0 Å². The molecule has 6 fully saturated rings. The normalized spacial score (nSPS) is 58.9. The molecule has 1 heterocycles. The summed E-state index contributed by atoms with van der Waals surface area (Å²) in [6, 6.07) is 0. The number of alkyl halides is 2. The second-order valence-corrected chi connectivity index (χ2v) is 16.7. The van der Waals surface area contributed by atoms with Crippen LogP contribution in [0.5, 0.6) is 0 Å². The van der Waals surface area contributed by atoms with E-state index in [1.165, 1.54) is 27.7 Å². The Morgan fingerprint density at radius 3 is 2.04 bits per heavy atom. The number of Topliss-reactive ketones (excluding diaryl/α,β-unsaturated/α-hetero) is 1. The van der Waals surface area contributed by atoms with E-state index in [2.05, 4.69) is 0 Å². The highest BCUT2D eigenvalue weighted by atomic mass is 35.5. The lowest BCUT2D eigenvalue weighted by Crippen LogP contribution is -2.72. The van der Waals surface area contributed by atoms with Crippen LogP contribution in [0.3, 0.4) is 0 Å².